The molecule has 6 heteroatoms. The van der Waals surface area contributed by atoms with Crippen LogP contribution in [-0.4, -0.2) is 28.4 Å². The molecular formula is C19H18N2O4. The maximum Gasteiger partial charge on any atom is 0.200 e. The molecule has 0 fully saturated rings. The van der Waals surface area contributed by atoms with E-state index in [1.807, 2.05) is 24.3 Å². The molecule has 0 unspecified atom stereocenters. The van der Waals surface area contributed by atoms with Crippen LogP contribution in [0, 0.1) is 0 Å². The SMILES string of the molecule is CC(=O)C(C(=O)c1cccc([C@@H](O)CO)c1)=C1Nc2ccccc2N1. The number of allylic oxidation sites excluding steroid dienone is 1. The first-order chi connectivity index (χ1) is 12.0. The first-order valence-electron chi connectivity index (χ1n) is 7.83. The number of aliphatic hydroxyl groups is 2. The Bertz CT molecular complexity index is 846. The summed E-state index contributed by atoms with van der Waals surface area (Å²) in [7, 11) is 0. The number of ketones is 2. The van der Waals surface area contributed by atoms with Gasteiger partial charge in [0, 0.05) is 5.56 Å². The lowest BCUT2D eigenvalue weighted by Crippen LogP contribution is -2.18. The molecule has 1 heterocycles. The minimum absolute atomic E-state index is 0.00633. The topological polar surface area (TPSA) is 98.7 Å². The van der Waals surface area contributed by atoms with Crippen molar-refractivity contribution in [2.24, 2.45) is 0 Å². The van der Waals surface area contributed by atoms with Crippen LogP contribution < -0.4 is 10.6 Å². The second kappa shape index (κ2) is 6.88. The Morgan fingerprint density at radius 1 is 1.04 bits per heavy atom. The third kappa shape index (κ3) is 3.31. The molecule has 0 spiro atoms. The van der Waals surface area contributed by atoms with Gasteiger partial charge in [-0.15, -0.1) is 0 Å². The molecule has 0 bridgehead atoms. The van der Waals surface area contributed by atoms with Crippen LogP contribution in [0.3, 0.4) is 0 Å². The molecular weight excluding hydrogens is 320 g/mol. The number of hydrogen-bond acceptors (Lipinski definition) is 6. The van der Waals surface area contributed by atoms with Gasteiger partial charge in [0.05, 0.1) is 18.0 Å². The van der Waals surface area contributed by atoms with Gasteiger partial charge in [-0.25, -0.2) is 0 Å². The smallest absolute Gasteiger partial charge is 0.200 e. The van der Waals surface area contributed by atoms with Crippen molar-refractivity contribution >= 4 is 22.9 Å². The maximum atomic E-state index is 12.9. The second-order valence-corrected chi connectivity index (χ2v) is 5.75. The summed E-state index contributed by atoms with van der Waals surface area (Å²) in [6, 6.07) is 13.7. The van der Waals surface area contributed by atoms with Gasteiger partial charge in [0.15, 0.2) is 11.6 Å². The summed E-state index contributed by atoms with van der Waals surface area (Å²) in [6.07, 6.45) is -1.08. The van der Waals surface area contributed by atoms with Gasteiger partial charge >= 0.3 is 0 Å². The molecule has 0 saturated carbocycles. The molecule has 0 saturated heterocycles. The number of carbonyl (C=O) groups excluding carboxylic acids is 2. The molecule has 0 aliphatic carbocycles. The summed E-state index contributed by atoms with van der Waals surface area (Å²) in [4.78, 5) is 25.0. The third-order valence-corrected chi connectivity index (χ3v) is 3.98. The first-order valence-corrected chi connectivity index (χ1v) is 7.83. The van der Waals surface area contributed by atoms with Crippen LogP contribution in [0.5, 0.6) is 0 Å². The van der Waals surface area contributed by atoms with Crippen molar-refractivity contribution in [2.75, 3.05) is 17.2 Å². The Kier molecular flexibility index (Phi) is 4.65. The molecule has 0 aromatic heterocycles. The number of Topliss-reactive ketones (excluding diaryl/α,β-unsaturated/α-hetero) is 2. The summed E-state index contributed by atoms with van der Waals surface area (Å²) < 4.78 is 0. The number of carbonyl (C=O) groups is 2. The van der Waals surface area contributed by atoms with Crippen LogP contribution in [0.15, 0.2) is 59.9 Å². The van der Waals surface area contributed by atoms with Crippen molar-refractivity contribution < 1.29 is 19.8 Å². The number of fused-ring (bicyclic) bond motifs is 1. The Balaban J connectivity index is 1.99. The molecule has 1 atom stereocenters. The Morgan fingerprint density at radius 2 is 1.68 bits per heavy atom. The summed E-state index contributed by atoms with van der Waals surface area (Å²) in [5.74, 6) is -0.491. The van der Waals surface area contributed by atoms with Crippen LogP contribution in [0.4, 0.5) is 11.4 Å². The van der Waals surface area contributed by atoms with Crippen LogP contribution in [0.1, 0.15) is 28.9 Å². The van der Waals surface area contributed by atoms with E-state index in [0.717, 1.165) is 11.4 Å². The molecule has 0 radical (unpaired) electrons. The fourth-order valence-electron chi connectivity index (χ4n) is 2.71. The van der Waals surface area contributed by atoms with Crippen LogP contribution in [0.25, 0.3) is 0 Å². The number of anilines is 2. The molecule has 2 aromatic carbocycles. The van der Waals surface area contributed by atoms with Crippen molar-refractivity contribution in [2.45, 2.75) is 13.0 Å². The monoisotopic (exact) mass is 338 g/mol. The quantitative estimate of drug-likeness (QED) is 0.289. The lowest BCUT2D eigenvalue weighted by Gasteiger charge is -2.11. The predicted molar refractivity (Wildman–Crippen MR) is 94.2 cm³/mol. The van der Waals surface area contributed by atoms with E-state index in [1.165, 1.54) is 13.0 Å². The van der Waals surface area contributed by atoms with Crippen molar-refractivity contribution in [3.8, 4) is 0 Å². The third-order valence-electron chi connectivity index (χ3n) is 3.98. The normalized spacial score (nSPS) is 13.5. The second-order valence-electron chi connectivity index (χ2n) is 5.75. The molecule has 1 aliphatic rings. The highest BCUT2D eigenvalue weighted by molar-refractivity contribution is 6.27. The lowest BCUT2D eigenvalue weighted by molar-refractivity contribution is -0.113. The van der Waals surface area contributed by atoms with E-state index in [-0.39, 0.29) is 16.9 Å². The first kappa shape index (κ1) is 16.9. The van der Waals surface area contributed by atoms with Gasteiger partial charge in [0.25, 0.3) is 0 Å². The summed E-state index contributed by atoms with van der Waals surface area (Å²) >= 11 is 0. The Labute approximate surface area is 144 Å². The average Bonchev–Trinajstić information content (AvgIpc) is 3.04. The van der Waals surface area contributed by atoms with Crippen molar-refractivity contribution in [1.82, 2.24) is 0 Å². The van der Waals surface area contributed by atoms with Crippen molar-refractivity contribution in [3.05, 3.63) is 71.1 Å². The van der Waals surface area contributed by atoms with E-state index >= 15 is 0 Å². The van der Waals surface area contributed by atoms with Gasteiger partial charge in [-0.3, -0.25) is 9.59 Å². The van der Waals surface area contributed by atoms with Crippen LogP contribution in [-0.2, 0) is 4.79 Å². The molecule has 25 heavy (non-hydrogen) atoms. The number of benzene rings is 2. The Hall–Kier alpha value is -2.96. The van der Waals surface area contributed by atoms with Gasteiger partial charge in [-0.2, -0.15) is 0 Å². The van der Waals surface area contributed by atoms with E-state index < -0.39 is 18.5 Å². The highest BCUT2D eigenvalue weighted by Crippen LogP contribution is 2.32. The Morgan fingerprint density at radius 3 is 2.24 bits per heavy atom. The average molecular weight is 338 g/mol. The van der Waals surface area contributed by atoms with E-state index in [1.54, 1.807) is 18.2 Å². The van der Waals surface area contributed by atoms with Crippen LogP contribution in [0.2, 0.25) is 0 Å². The fraction of sp³-hybridized carbons (Fsp3) is 0.158. The lowest BCUT2D eigenvalue weighted by atomic mass is 9.97. The van der Waals surface area contributed by atoms with E-state index in [2.05, 4.69) is 10.6 Å². The number of aliphatic hydroxyl groups excluding tert-OH is 2. The number of para-hydroxylation sites is 2. The highest BCUT2D eigenvalue weighted by Gasteiger charge is 2.26. The zero-order chi connectivity index (χ0) is 18.0. The van der Waals surface area contributed by atoms with E-state index in [9.17, 15) is 14.7 Å². The van der Waals surface area contributed by atoms with Gasteiger partial charge in [-0.05, 0) is 30.7 Å². The van der Waals surface area contributed by atoms with Crippen molar-refractivity contribution in [1.29, 1.82) is 0 Å². The number of hydrogen-bond donors (Lipinski definition) is 4. The zero-order valence-corrected chi connectivity index (χ0v) is 13.6. The summed E-state index contributed by atoms with van der Waals surface area (Å²) in [5, 5.41) is 24.9. The zero-order valence-electron chi connectivity index (χ0n) is 13.6. The van der Waals surface area contributed by atoms with Gasteiger partial charge < -0.3 is 20.8 Å². The molecule has 1 aliphatic heterocycles. The minimum atomic E-state index is -1.08. The molecule has 6 nitrogen and oxygen atoms in total. The molecule has 0 amide bonds. The predicted octanol–water partition coefficient (Wildman–Crippen LogP) is 2.23. The van der Waals surface area contributed by atoms with E-state index in [4.69, 9.17) is 5.11 Å². The van der Waals surface area contributed by atoms with E-state index in [0.29, 0.717) is 11.4 Å². The van der Waals surface area contributed by atoms with Gasteiger partial charge in [0.1, 0.15) is 17.5 Å². The number of rotatable bonds is 5. The van der Waals surface area contributed by atoms with Gasteiger partial charge in [-0.1, -0.05) is 30.3 Å². The molecule has 3 rings (SSSR count). The van der Waals surface area contributed by atoms with Crippen molar-refractivity contribution in [3.63, 3.8) is 0 Å². The van der Waals surface area contributed by atoms with Gasteiger partial charge in [0.2, 0.25) is 0 Å². The highest BCUT2D eigenvalue weighted by atomic mass is 16.3. The standard InChI is InChI=1S/C19H18N2O4/c1-11(23)17(19-20-14-7-2-3-8-15(14)21-19)18(25)13-6-4-5-12(9-13)16(24)10-22/h2-9,16,20-22,24H,10H2,1H3/t16-/m0/s1. The molecule has 4 N–H and O–H groups in total. The number of nitrogens with one attached hydrogen (secondary N) is 2. The summed E-state index contributed by atoms with van der Waals surface area (Å²) in [5.41, 5.74) is 2.26. The summed E-state index contributed by atoms with van der Waals surface area (Å²) in [6.45, 7) is 0.885. The fourth-order valence-corrected chi connectivity index (χ4v) is 2.71. The molecule has 128 valence electrons. The minimum Gasteiger partial charge on any atom is -0.393 e. The maximum absolute atomic E-state index is 12.9. The van der Waals surface area contributed by atoms with Crippen LogP contribution >= 0.6 is 0 Å². The largest absolute Gasteiger partial charge is 0.393 e. The molecule has 2 aromatic rings.